The predicted octanol–water partition coefficient (Wildman–Crippen LogP) is 4.41. The van der Waals surface area contributed by atoms with Gasteiger partial charge in [0.15, 0.2) is 0 Å². The van der Waals surface area contributed by atoms with Gasteiger partial charge >= 0.3 is 0 Å². The number of nitrogens with one attached hydrogen (secondary N) is 1. The fourth-order valence-electron chi connectivity index (χ4n) is 2.00. The average Bonchev–Trinajstić information content (AvgIpc) is 2.78. The van der Waals surface area contributed by atoms with Gasteiger partial charge in [0.1, 0.15) is 0 Å². The first-order valence-corrected chi connectivity index (χ1v) is 7.02. The van der Waals surface area contributed by atoms with Gasteiger partial charge in [-0.25, -0.2) is 0 Å². The van der Waals surface area contributed by atoms with Crippen LogP contribution in [0.15, 0.2) is 12.1 Å². The highest BCUT2D eigenvalue weighted by atomic mass is 16.1. The lowest BCUT2D eigenvalue weighted by Gasteiger charge is -2.11. The summed E-state index contributed by atoms with van der Waals surface area (Å²) in [4.78, 5) is 11.6. The van der Waals surface area contributed by atoms with E-state index in [1.807, 2.05) is 27.7 Å². The van der Waals surface area contributed by atoms with Crippen molar-refractivity contribution in [1.29, 1.82) is 0 Å². The molecule has 2 nitrogen and oxygen atoms in total. The Labute approximate surface area is 112 Å². The maximum atomic E-state index is 11.6. The summed E-state index contributed by atoms with van der Waals surface area (Å²) < 4.78 is 0. The van der Waals surface area contributed by atoms with Crippen LogP contribution < -0.4 is 5.32 Å². The molecule has 102 valence electrons. The molecule has 1 aromatic carbocycles. The van der Waals surface area contributed by atoms with E-state index in [1.165, 1.54) is 16.7 Å². The Morgan fingerprint density at radius 2 is 1.67 bits per heavy atom. The van der Waals surface area contributed by atoms with E-state index in [4.69, 9.17) is 0 Å². The van der Waals surface area contributed by atoms with Crippen molar-refractivity contribution in [2.75, 3.05) is 0 Å². The lowest BCUT2D eigenvalue weighted by molar-refractivity contribution is 0.0964. The SMILES string of the molecule is CC.CC.Cc1ccc(C(C)C)c2c1CNC2=O. The van der Waals surface area contributed by atoms with Crippen molar-refractivity contribution in [3.8, 4) is 0 Å². The van der Waals surface area contributed by atoms with Crippen molar-refractivity contribution in [3.63, 3.8) is 0 Å². The summed E-state index contributed by atoms with van der Waals surface area (Å²) in [5.41, 5.74) is 4.48. The van der Waals surface area contributed by atoms with Crippen molar-refractivity contribution in [2.24, 2.45) is 0 Å². The van der Waals surface area contributed by atoms with Crippen molar-refractivity contribution in [3.05, 3.63) is 34.4 Å². The van der Waals surface area contributed by atoms with Gasteiger partial charge in [-0.15, -0.1) is 0 Å². The summed E-state index contributed by atoms with van der Waals surface area (Å²) in [6.07, 6.45) is 0. The van der Waals surface area contributed by atoms with Gasteiger partial charge in [0, 0.05) is 12.1 Å². The molecule has 2 heteroatoms. The van der Waals surface area contributed by atoms with E-state index < -0.39 is 0 Å². The van der Waals surface area contributed by atoms with Crippen molar-refractivity contribution < 1.29 is 4.79 Å². The van der Waals surface area contributed by atoms with E-state index in [0.29, 0.717) is 12.5 Å². The van der Waals surface area contributed by atoms with Crippen LogP contribution >= 0.6 is 0 Å². The predicted molar refractivity (Wildman–Crippen MR) is 79.1 cm³/mol. The van der Waals surface area contributed by atoms with E-state index >= 15 is 0 Å². The van der Waals surface area contributed by atoms with Crippen LogP contribution in [0, 0.1) is 6.92 Å². The lowest BCUT2D eigenvalue weighted by atomic mass is 9.92. The monoisotopic (exact) mass is 249 g/mol. The van der Waals surface area contributed by atoms with Crippen molar-refractivity contribution >= 4 is 5.91 Å². The Balaban J connectivity index is 0.000000659. The molecule has 1 amide bonds. The summed E-state index contributed by atoms with van der Waals surface area (Å²) in [5, 5.41) is 2.88. The van der Waals surface area contributed by atoms with Gasteiger partial charge in [0.2, 0.25) is 0 Å². The van der Waals surface area contributed by atoms with Gasteiger partial charge in [0.25, 0.3) is 5.91 Å². The van der Waals surface area contributed by atoms with Crippen LogP contribution in [0.2, 0.25) is 0 Å². The molecule has 2 rings (SSSR count). The number of aryl methyl sites for hydroxylation is 1. The maximum Gasteiger partial charge on any atom is 0.252 e. The molecule has 18 heavy (non-hydrogen) atoms. The second kappa shape index (κ2) is 7.91. The van der Waals surface area contributed by atoms with Crippen LogP contribution in [-0.2, 0) is 6.54 Å². The van der Waals surface area contributed by atoms with Gasteiger partial charge in [0.05, 0.1) is 0 Å². The highest BCUT2D eigenvalue weighted by molar-refractivity contribution is 6.00. The van der Waals surface area contributed by atoms with E-state index in [1.54, 1.807) is 0 Å². The zero-order valence-corrected chi connectivity index (χ0v) is 12.8. The Hall–Kier alpha value is -1.31. The van der Waals surface area contributed by atoms with Crippen molar-refractivity contribution in [1.82, 2.24) is 5.32 Å². The number of rotatable bonds is 1. The minimum absolute atomic E-state index is 0.0902. The van der Waals surface area contributed by atoms with Gasteiger partial charge in [-0.3, -0.25) is 4.79 Å². The molecular weight excluding hydrogens is 222 g/mol. The molecule has 0 fully saturated rings. The molecule has 0 spiro atoms. The number of fused-ring (bicyclic) bond motifs is 1. The first kappa shape index (κ1) is 16.7. The quantitative estimate of drug-likeness (QED) is 0.784. The van der Waals surface area contributed by atoms with Gasteiger partial charge in [-0.05, 0) is 29.5 Å². The third-order valence-electron chi connectivity index (χ3n) is 2.85. The minimum atomic E-state index is 0.0902. The van der Waals surface area contributed by atoms with Crippen LogP contribution in [0.25, 0.3) is 0 Å². The zero-order valence-electron chi connectivity index (χ0n) is 12.8. The number of carbonyl (C=O) groups is 1. The number of hydrogen-bond donors (Lipinski definition) is 1. The Kier molecular flexibility index (Phi) is 7.33. The largest absolute Gasteiger partial charge is 0.348 e. The lowest BCUT2D eigenvalue weighted by Crippen LogP contribution is -2.14. The molecule has 1 N–H and O–H groups in total. The molecule has 0 bridgehead atoms. The van der Waals surface area contributed by atoms with Gasteiger partial charge in [-0.2, -0.15) is 0 Å². The molecule has 0 aliphatic carbocycles. The maximum absolute atomic E-state index is 11.6. The fraction of sp³-hybridized carbons (Fsp3) is 0.562. The van der Waals surface area contributed by atoms with Gasteiger partial charge in [-0.1, -0.05) is 53.7 Å². The van der Waals surface area contributed by atoms with E-state index in [9.17, 15) is 4.79 Å². The van der Waals surface area contributed by atoms with Gasteiger partial charge < -0.3 is 5.32 Å². The summed E-state index contributed by atoms with van der Waals surface area (Å²) in [5.74, 6) is 0.501. The second-order valence-electron chi connectivity index (χ2n) is 4.16. The summed E-state index contributed by atoms with van der Waals surface area (Å²) >= 11 is 0. The molecule has 0 saturated carbocycles. The van der Waals surface area contributed by atoms with E-state index in [-0.39, 0.29) is 5.91 Å². The Morgan fingerprint density at radius 3 is 2.17 bits per heavy atom. The third kappa shape index (κ3) is 3.34. The minimum Gasteiger partial charge on any atom is -0.348 e. The molecule has 1 aliphatic rings. The standard InChI is InChI=1S/C12H15NO.2C2H6/c1-7(2)9-5-4-8(3)10-6-13-12(14)11(9)10;2*1-2/h4-5,7H,6H2,1-3H3,(H,13,14);2*1-2H3. The normalized spacial score (nSPS) is 11.9. The summed E-state index contributed by atoms with van der Waals surface area (Å²) in [6, 6.07) is 4.18. The smallest absolute Gasteiger partial charge is 0.252 e. The second-order valence-corrected chi connectivity index (χ2v) is 4.16. The topological polar surface area (TPSA) is 29.1 Å². The van der Waals surface area contributed by atoms with Crippen LogP contribution in [0.3, 0.4) is 0 Å². The molecule has 0 unspecified atom stereocenters. The molecule has 0 aromatic heterocycles. The van der Waals surface area contributed by atoms with E-state index in [2.05, 4.69) is 38.2 Å². The molecule has 1 aromatic rings. The number of benzene rings is 1. The zero-order chi connectivity index (χ0) is 14.3. The Morgan fingerprint density at radius 1 is 1.11 bits per heavy atom. The molecular formula is C16H27NO. The molecule has 0 radical (unpaired) electrons. The highest BCUT2D eigenvalue weighted by Crippen LogP contribution is 2.28. The molecule has 0 saturated heterocycles. The first-order chi connectivity index (χ1) is 8.61. The molecule has 1 heterocycles. The van der Waals surface area contributed by atoms with E-state index in [0.717, 1.165) is 5.56 Å². The number of hydrogen-bond acceptors (Lipinski definition) is 1. The Bertz CT molecular complexity index is 394. The highest BCUT2D eigenvalue weighted by Gasteiger charge is 2.24. The fourth-order valence-corrected chi connectivity index (χ4v) is 2.00. The van der Waals surface area contributed by atoms with Crippen LogP contribution in [0.4, 0.5) is 0 Å². The van der Waals surface area contributed by atoms with Crippen molar-refractivity contribution in [2.45, 2.75) is 60.9 Å². The average molecular weight is 249 g/mol. The number of amides is 1. The van der Waals surface area contributed by atoms with Crippen LogP contribution in [0.5, 0.6) is 0 Å². The third-order valence-corrected chi connectivity index (χ3v) is 2.85. The summed E-state index contributed by atoms with van der Waals surface area (Å²) in [6.45, 7) is 15.0. The van der Waals surface area contributed by atoms with Crippen LogP contribution in [-0.4, -0.2) is 5.91 Å². The summed E-state index contributed by atoms with van der Waals surface area (Å²) in [7, 11) is 0. The molecule has 0 atom stereocenters. The molecule has 1 aliphatic heterocycles. The van der Waals surface area contributed by atoms with Crippen LogP contribution in [0.1, 0.15) is 74.5 Å². The first-order valence-electron chi connectivity index (χ1n) is 7.02. The number of carbonyl (C=O) groups excluding carboxylic acids is 1.